The van der Waals surface area contributed by atoms with Gasteiger partial charge in [0.1, 0.15) is 6.54 Å². The highest BCUT2D eigenvalue weighted by Gasteiger charge is 2.17. The molecule has 0 spiro atoms. The molecule has 0 aromatic carbocycles. The molecule has 0 bridgehead atoms. The van der Waals surface area contributed by atoms with Gasteiger partial charge in [0.2, 0.25) is 5.91 Å². The maximum atomic E-state index is 11.7. The first-order valence-electron chi connectivity index (χ1n) is 5.33. The smallest absolute Gasteiger partial charge is 0.320 e. The molecule has 0 heterocycles. The van der Waals surface area contributed by atoms with Crippen LogP contribution >= 0.6 is 0 Å². The highest BCUT2D eigenvalue weighted by molar-refractivity contribution is 5.83. The number of hydrogen-bond donors (Lipinski definition) is 1. The van der Waals surface area contributed by atoms with Gasteiger partial charge in [0.15, 0.2) is 0 Å². The zero-order valence-corrected chi connectivity index (χ0v) is 10.0. The molecule has 3 amide bonds. The van der Waals surface area contributed by atoms with E-state index in [0.29, 0.717) is 19.6 Å². The van der Waals surface area contributed by atoms with Crippen molar-refractivity contribution >= 4 is 11.9 Å². The van der Waals surface area contributed by atoms with Crippen LogP contribution in [-0.2, 0) is 4.79 Å². The summed E-state index contributed by atoms with van der Waals surface area (Å²) in [6.45, 7) is 7.53. The van der Waals surface area contributed by atoms with Crippen molar-refractivity contribution in [2.24, 2.45) is 0 Å². The second kappa shape index (κ2) is 7.09. The molecule has 0 saturated carbocycles. The predicted octanol–water partition coefficient (Wildman–Crippen LogP) is 0.516. The molecule has 0 aliphatic heterocycles. The lowest BCUT2D eigenvalue weighted by molar-refractivity contribution is -0.121. The molecular weight excluding hydrogens is 194 g/mol. The monoisotopic (exact) mass is 215 g/mol. The Balaban J connectivity index is 4.24. The van der Waals surface area contributed by atoms with Gasteiger partial charge < -0.3 is 15.1 Å². The number of carbonyl (C=O) groups excluding carboxylic acids is 2. The van der Waals surface area contributed by atoms with Crippen molar-refractivity contribution in [2.75, 3.05) is 33.2 Å². The van der Waals surface area contributed by atoms with E-state index in [4.69, 9.17) is 0 Å². The van der Waals surface area contributed by atoms with Gasteiger partial charge >= 0.3 is 6.03 Å². The summed E-state index contributed by atoms with van der Waals surface area (Å²) in [6, 6.07) is -0.105. The van der Waals surface area contributed by atoms with E-state index in [1.807, 2.05) is 20.8 Å². The Kier molecular flexibility index (Phi) is 6.49. The molecule has 1 N–H and O–H groups in total. The molecule has 0 saturated heterocycles. The minimum absolute atomic E-state index is 0.105. The minimum Gasteiger partial charge on any atom is -0.355 e. The number of nitrogens with one attached hydrogen (secondary N) is 1. The largest absolute Gasteiger partial charge is 0.355 e. The fourth-order valence-corrected chi connectivity index (χ4v) is 1.12. The van der Waals surface area contributed by atoms with E-state index in [2.05, 4.69) is 5.32 Å². The van der Waals surface area contributed by atoms with Gasteiger partial charge in [-0.3, -0.25) is 4.79 Å². The first-order chi connectivity index (χ1) is 7.06. The minimum atomic E-state index is -0.114. The fourth-order valence-electron chi connectivity index (χ4n) is 1.12. The van der Waals surface area contributed by atoms with Crippen LogP contribution in [0.1, 0.15) is 20.8 Å². The Morgan fingerprint density at radius 1 is 1.13 bits per heavy atom. The molecule has 0 aliphatic carbocycles. The van der Waals surface area contributed by atoms with Crippen LogP contribution in [0, 0.1) is 0 Å². The lowest BCUT2D eigenvalue weighted by Crippen LogP contribution is -2.46. The zero-order chi connectivity index (χ0) is 11.8. The van der Waals surface area contributed by atoms with Crippen LogP contribution in [0.4, 0.5) is 4.79 Å². The molecule has 0 unspecified atom stereocenters. The zero-order valence-electron chi connectivity index (χ0n) is 10.0. The number of amides is 3. The van der Waals surface area contributed by atoms with E-state index >= 15 is 0 Å². The van der Waals surface area contributed by atoms with Gasteiger partial charge in [-0.05, 0) is 20.8 Å². The summed E-state index contributed by atoms with van der Waals surface area (Å²) in [5.41, 5.74) is 0. The Morgan fingerprint density at radius 2 is 1.73 bits per heavy atom. The first-order valence-corrected chi connectivity index (χ1v) is 5.33. The highest BCUT2D eigenvalue weighted by atomic mass is 16.2. The predicted molar refractivity (Wildman–Crippen MR) is 59.6 cm³/mol. The second-order valence-corrected chi connectivity index (χ2v) is 3.26. The molecule has 0 atom stereocenters. The summed E-state index contributed by atoms with van der Waals surface area (Å²) < 4.78 is 0. The van der Waals surface area contributed by atoms with Gasteiger partial charge in [0.25, 0.3) is 0 Å². The second-order valence-electron chi connectivity index (χ2n) is 3.26. The van der Waals surface area contributed by atoms with E-state index in [0.717, 1.165) is 0 Å². The van der Waals surface area contributed by atoms with E-state index in [-0.39, 0.29) is 18.5 Å². The summed E-state index contributed by atoms with van der Waals surface area (Å²) in [6.07, 6.45) is 0. The van der Waals surface area contributed by atoms with Gasteiger partial charge in [-0.2, -0.15) is 0 Å². The number of carbonyl (C=O) groups is 2. The van der Waals surface area contributed by atoms with Crippen LogP contribution in [0.15, 0.2) is 0 Å². The molecule has 5 nitrogen and oxygen atoms in total. The Hall–Kier alpha value is -1.26. The van der Waals surface area contributed by atoms with E-state index in [9.17, 15) is 9.59 Å². The molecule has 15 heavy (non-hydrogen) atoms. The molecule has 0 rings (SSSR count). The van der Waals surface area contributed by atoms with Crippen molar-refractivity contribution in [3.8, 4) is 0 Å². The molecular formula is C10H21N3O2. The summed E-state index contributed by atoms with van der Waals surface area (Å²) in [5.74, 6) is -0.114. The van der Waals surface area contributed by atoms with Gasteiger partial charge in [-0.25, -0.2) is 4.79 Å². The van der Waals surface area contributed by atoms with Gasteiger partial charge in [0.05, 0.1) is 0 Å². The van der Waals surface area contributed by atoms with Crippen molar-refractivity contribution in [1.29, 1.82) is 0 Å². The molecule has 0 aliphatic rings. The standard InChI is InChI=1S/C10H21N3O2/c1-5-11-9(14)8-13(7-3)10(15)12(4)6-2/h5-8H2,1-4H3,(H,11,14). The summed E-state index contributed by atoms with van der Waals surface area (Å²) in [7, 11) is 1.72. The molecule has 0 aromatic rings. The van der Waals surface area contributed by atoms with Crippen LogP contribution in [0.2, 0.25) is 0 Å². The number of urea groups is 1. The maximum absolute atomic E-state index is 11.7. The third kappa shape index (κ3) is 4.67. The number of rotatable bonds is 5. The molecule has 0 fully saturated rings. The first kappa shape index (κ1) is 13.7. The summed E-state index contributed by atoms with van der Waals surface area (Å²) in [5, 5.41) is 2.67. The van der Waals surface area contributed by atoms with Crippen molar-refractivity contribution in [3.63, 3.8) is 0 Å². The van der Waals surface area contributed by atoms with Crippen LogP contribution in [0.25, 0.3) is 0 Å². The fraction of sp³-hybridized carbons (Fsp3) is 0.800. The molecule has 5 heteroatoms. The van der Waals surface area contributed by atoms with Crippen molar-refractivity contribution in [2.45, 2.75) is 20.8 Å². The average Bonchev–Trinajstić information content (AvgIpc) is 2.24. The maximum Gasteiger partial charge on any atom is 0.320 e. The summed E-state index contributed by atoms with van der Waals surface area (Å²) in [4.78, 5) is 26.1. The number of likely N-dealkylation sites (N-methyl/N-ethyl adjacent to an activating group) is 2. The Labute approximate surface area is 91.4 Å². The van der Waals surface area contributed by atoms with Crippen LogP contribution in [0.3, 0.4) is 0 Å². The van der Waals surface area contributed by atoms with Crippen LogP contribution in [0.5, 0.6) is 0 Å². The van der Waals surface area contributed by atoms with Crippen LogP contribution < -0.4 is 5.32 Å². The molecule has 88 valence electrons. The van der Waals surface area contributed by atoms with Crippen molar-refractivity contribution in [1.82, 2.24) is 15.1 Å². The third-order valence-electron chi connectivity index (χ3n) is 2.16. The van der Waals surface area contributed by atoms with Crippen LogP contribution in [-0.4, -0.2) is 55.0 Å². The normalized spacial score (nSPS) is 9.60. The van der Waals surface area contributed by atoms with Crippen molar-refractivity contribution in [3.05, 3.63) is 0 Å². The number of hydrogen-bond acceptors (Lipinski definition) is 2. The quantitative estimate of drug-likeness (QED) is 0.726. The van der Waals surface area contributed by atoms with Gasteiger partial charge in [0, 0.05) is 26.7 Å². The topological polar surface area (TPSA) is 52.7 Å². The van der Waals surface area contributed by atoms with E-state index < -0.39 is 0 Å². The Morgan fingerprint density at radius 3 is 2.13 bits per heavy atom. The third-order valence-corrected chi connectivity index (χ3v) is 2.16. The summed E-state index contributed by atoms with van der Waals surface area (Å²) >= 11 is 0. The lowest BCUT2D eigenvalue weighted by Gasteiger charge is -2.25. The Bertz CT molecular complexity index is 219. The number of nitrogens with zero attached hydrogens (tertiary/aromatic N) is 2. The highest BCUT2D eigenvalue weighted by Crippen LogP contribution is 1.96. The average molecular weight is 215 g/mol. The van der Waals surface area contributed by atoms with Gasteiger partial charge in [-0.15, -0.1) is 0 Å². The van der Waals surface area contributed by atoms with Crippen molar-refractivity contribution < 1.29 is 9.59 Å². The lowest BCUT2D eigenvalue weighted by atomic mass is 10.4. The molecule has 0 aromatic heterocycles. The SMILES string of the molecule is CCNC(=O)CN(CC)C(=O)N(C)CC. The van der Waals surface area contributed by atoms with Gasteiger partial charge in [-0.1, -0.05) is 0 Å². The molecule has 0 radical (unpaired) electrons. The van der Waals surface area contributed by atoms with E-state index in [1.165, 1.54) is 4.90 Å². The van der Waals surface area contributed by atoms with E-state index in [1.54, 1.807) is 11.9 Å².